The molecule has 0 aliphatic heterocycles. The Bertz CT molecular complexity index is 820. The number of carbonyl (C=O) groups is 1. The third-order valence-electron chi connectivity index (χ3n) is 3.23. The van der Waals surface area contributed by atoms with E-state index in [1.807, 2.05) is 50.4 Å². The number of rotatable bonds is 4. The molecule has 0 unspecified atom stereocenters. The lowest BCUT2D eigenvalue weighted by molar-refractivity contribution is 0.0691. The number of aromatic nitrogens is 2. The fraction of sp³-hybridized carbons (Fsp3) is 0.176. The van der Waals surface area contributed by atoms with Gasteiger partial charge in [0.25, 0.3) is 0 Å². The van der Waals surface area contributed by atoms with Gasteiger partial charge >= 0.3 is 5.97 Å². The van der Waals surface area contributed by atoms with Crippen LogP contribution in [0.3, 0.4) is 0 Å². The van der Waals surface area contributed by atoms with E-state index in [2.05, 4.69) is 4.98 Å². The number of fused-ring (bicyclic) bond motifs is 1. The molecule has 0 saturated carbocycles. The molecule has 0 saturated heterocycles. The number of imidazole rings is 1. The van der Waals surface area contributed by atoms with Crippen molar-refractivity contribution in [3.8, 4) is 16.9 Å². The summed E-state index contributed by atoms with van der Waals surface area (Å²) in [6.45, 7) is 3.97. The van der Waals surface area contributed by atoms with Crippen LogP contribution in [0.5, 0.6) is 5.75 Å². The summed E-state index contributed by atoms with van der Waals surface area (Å²) >= 11 is 0. The molecular formula is C17H16N2O3. The molecule has 5 nitrogen and oxygen atoms in total. The van der Waals surface area contributed by atoms with E-state index in [1.165, 1.54) is 6.20 Å². The summed E-state index contributed by atoms with van der Waals surface area (Å²) in [7, 11) is 0. The highest BCUT2D eigenvalue weighted by Crippen LogP contribution is 2.23. The van der Waals surface area contributed by atoms with Crippen molar-refractivity contribution in [2.45, 2.75) is 20.0 Å². The number of pyridine rings is 1. The number of carboxylic acid groups (broad SMARTS) is 1. The number of ether oxygens (including phenoxy) is 1. The summed E-state index contributed by atoms with van der Waals surface area (Å²) in [6, 6.07) is 11.5. The predicted octanol–water partition coefficient (Wildman–Crippen LogP) is 3.49. The zero-order valence-corrected chi connectivity index (χ0v) is 12.4. The van der Waals surface area contributed by atoms with Crippen molar-refractivity contribution >= 4 is 11.6 Å². The molecule has 112 valence electrons. The minimum absolute atomic E-state index is 0.0397. The molecule has 2 heterocycles. The number of hydrogen-bond donors (Lipinski definition) is 1. The molecule has 0 atom stereocenters. The molecule has 0 radical (unpaired) electrons. The van der Waals surface area contributed by atoms with E-state index in [0.717, 1.165) is 16.9 Å². The highest BCUT2D eigenvalue weighted by Gasteiger charge is 2.09. The van der Waals surface area contributed by atoms with Crippen LogP contribution in [-0.2, 0) is 0 Å². The Morgan fingerprint density at radius 2 is 1.77 bits per heavy atom. The zero-order chi connectivity index (χ0) is 15.7. The summed E-state index contributed by atoms with van der Waals surface area (Å²) in [5, 5.41) is 8.98. The summed E-state index contributed by atoms with van der Waals surface area (Å²) in [5.74, 6) is -0.198. The molecule has 0 amide bonds. The molecule has 0 bridgehead atoms. The number of aromatic carboxylic acids is 1. The average molecular weight is 296 g/mol. The summed E-state index contributed by atoms with van der Waals surface area (Å²) in [4.78, 5) is 15.0. The molecule has 5 heteroatoms. The summed E-state index contributed by atoms with van der Waals surface area (Å²) in [6.07, 6.45) is 3.52. The van der Waals surface area contributed by atoms with Crippen molar-refractivity contribution in [3.63, 3.8) is 0 Å². The number of hydrogen-bond acceptors (Lipinski definition) is 3. The van der Waals surface area contributed by atoms with E-state index >= 15 is 0 Å². The van der Waals surface area contributed by atoms with Gasteiger partial charge in [-0.25, -0.2) is 9.78 Å². The number of nitrogens with zero attached hydrogens (tertiary/aromatic N) is 2. The van der Waals surface area contributed by atoms with Crippen LogP contribution in [0.1, 0.15) is 24.3 Å². The minimum Gasteiger partial charge on any atom is -0.491 e. The Hall–Kier alpha value is -2.82. The Morgan fingerprint density at radius 3 is 2.41 bits per heavy atom. The van der Waals surface area contributed by atoms with E-state index in [9.17, 15) is 4.79 Å². The number of benzene rings is 1. The Morgan fingerprint density at radius 1 is 1.09 bits per heavy atom. The van der Waals surface area contributed by atoms with Crippen LogP contribution in [0.2, 0.25) is 0 Å². The van der Waals surface area contributed by atoms with Crippen molar-refractivity contribution in [1.82, 2.24) is 9.38 Å². The van der Waals surface area contributed by atoms with Gasteiger partial charge < -0.3 is 14.2 Å². The van der Waals surface area contributed by atoms with Crippen LogP contribution in [-0.4, -0.2) is 26.6 Å². The van der Waals surface area contributed by atoms with Crippen LogP contribution in [0, 0.1) is 0 Å². The SMILES string of the molecule is CC(C)Oc1ccc(-c2ccc3nc(C(=O)O)cn3c2)cc1. The van der Waals surface area contributed by atoms with Crippen molar-refractivity contribution in [2.75, 3.05) is 0 Å². The largest absolute Gasteiger partial charge is 0.491 e. The van der Waals surface area contributed by atoms with Crippen molar-refractivity contribution in [1.29, 1.82) is 0 Å². The zero-order valence-electron chi connectivity index (χ0n) is 12.4. The topological polar surface area (TPSA) is 63.8 Å². The molecule has 0 aliphatic rings. The van der Waals surface area contributed by atoms with Gasteiger partial charge in [-0.15, -0.1) is 0 Å². The van der Waals surface area contributed by atoms with Crippen LogP contribution in [0.4, 0.5) is 0 Å². The highest BCUT2D eigenvalue weighted by atomic mass is 16.5. The normalized spacial score (nSPS) is 11.0. The first-order valence-corrected chi connectivity index (χ1v) is 7.02. The van der Waals surface area contributed by atoms with Gasteiger partial charge in [0.1, 0.15) is 11.4 Å². The molecule has 0 aliphatic carbocycles. The molecule has 1 N–H and O–H groups in total. The average Bonchev–Trinajstić information content (AvgIpc) is 2.90. The fourth-order valence-corrected chi connectivity index (χ4v) is 2.26. The third kappa shape index (κ3) is 2.79. The first-order chi connectivity index (χ1) is 10.5. The quantitative estimate of drug-likeness (QED) is 0.800. The fourth-order valence-electron chi connectivity index (χ4n) is 2.26. The lowest BCUT2D eigenvalue weighted by Gasteiger charge is -2.10. The first kappa shape index (κ1) is 14.1. The Balaban J connectivity index is 1.94. The van der Waals surface area contributed by atoms with Crippen LogP contribution < -0.4 is 4.74 Å². The van der Waals surface area contributed by atoms with Gasteiger partial charge in [0.15, 0.2) is 5.69 Å². The first-order valence-electron chi connectivity index (χ1n) is 7.02. The Kier molecular flexibility index (Phi) is 3.55. The molecule has 2 aromatic heterocycles. The second-order valence-electron chi connectivity index (χ2n) is 5.31. The van der Waals surface area contributed by atoms with E-state index in [0.29, 0.717) is 5.65 Å². The molecule has 0 fully saturated rings. The molecule has 22 heavy (non-hydrogen) atoms. The molecule has 3 rings (SSSR count). The van der Waals surface area contributed by atoms with Crippen molar-refractivity contribution in [2.24, 2.45) is 0 Å². The molecule has 0 spiro atoms. The monoisotopic (exact) mass is 296 g/mol. The van der Waals surface area contributed by atoms with Gasteiger partial charge in [-0.2, -0.15) is 0 Å². The van der Waals surface area contributed by atoms with Gasteiger partial charge in [-0.1, -0.05) is 12.1 Å². The van der Waals surface area contributed by atoms with Gasteiger partial charge in [0.05, 0.1) is 6.10 Å². The van der Waals surface area contributed by atoms with E-state index in [4.69, 9.17) is 9.84 Å². The second kappa shape index (κ2) is 5.52. The van der Waals surface area contributed by atoms with E-state index in [-0.39, 0.29) is 11.8 Å². The van der Waals surface area contributed by atoms with E-state index in [1.54, 1.807) is 10.5 Å². The van der Waals surface area contributed by atoms with Crippen LogP contribution >= 0.6 is 0 Å². The lowest BCUT2D eigenvalue weighted by atomic mass is 10.1. The second-order valence-corrected chi connectivity index (χ2v) is 5.31. The van der Waals surface area contributed by atoms with Gasteiger partial charge in [0, 0.05) is 12.4 Å². The maximum atomic E-state index is 11.0. The van der Waals surface area contributed by atoms with Crippen molar-refractivity contribution < 1.29 is 14.6 Å². The maximum absolute atomic E-state index is 11.0. The van der Waals surface area contributed by atoms with Gasteiger partial charge in [0.2, 0.25) is 0 Å². The standard InChI is InChI=1S/C17H16N2O3/c1-11(2)22-14-6-3-12(4-7-14)13-5-8-16-18-15(17(20)21)10-19(16)9-13/h3-11H,1-2H3,(H,20,21). The summed E-state index contributed by atoms with van der Waals surface area (Å²) in [5.41, 5.74) is 2.67. The highest BCUT2D eigenvalue weighted by molar-refractivity contribution is 5.86. The van der Waals surface area contributed by atoms with Gasteiger partial charge in [-0.05, 0) is 49.2 Å². The lowest BCUT2D eigenvalue weighted by Crippen LogP contribution is -2.05. The molecular weight excluding hydrogens is 280 g/mol. The predicted molar refractivity (Wildman–Crippen MR) is 83.4 cm³/mol. The minimum atomic E-state index is -1.03. The van der Waals surface area contributed by atoms with Gasteiger partial charge in [-0.3, -0.25) is 0 Å². The third-order valence-corrected chi connectivity index (χ3v) is 3.23. The number of carboxylic acids is 1. The van der Waals surface area contributed by atoms with Crippen LogP contribution in [0.15, 0.2) is 48.8 Å². The van der Waals surface area contributed by atoms with E-state index < -0.39 is 5.97 Å². The van der Waals surface area contributed by atoms with Crippen LogP contribution in [0.25, 0.3) is 16.8 Å². The summed E-state index contributed by atoms with van der Waals surface area (Å²) < 4.78 is 7.34. The molecule has 1 aromatic carbocycles. The molecule has 3 aromatic rings. The Labute approximate surface area is 127 Å². The smallest absolute Gasteiger partial charge is 0.356 e. The maximum Gasteiger partial charge on any atom is 0.356 e. The van der Waals surface area contributed by atoms with Crippen molar-refractivity contribution in [3.05, 3.63) is 54.5 Å².